The molecule has 4 heteroatoms. The molecule has 0 bridgehead atoms. The van der Waals surface area contributed by atoms with Crippen LogP contribution in [0, 0.1) is 0 Å². The van der Waals surface area contributed by atoms with Crippen molar-refractivity contribution in [2.75, 3.05) is 5.32 Å². The molecule has 3 nitrogen and oxygen atoms in total. The highest BCUT2D eigenvalue weighted by Crippen LogP contribution is 2.21. The lowest BCUT2D eigenvalue weighted by atomic mass is 10.1. The molecule has 0 aromatic heterocycles. The van der Waals surface area contributed by atoms with Gasteiger partial charge in [0.2, 0.25) is 5.91 Å². The van der Waals surface area contributed by atoms with Crippen LogP contribution in [0.3, 0.4) is 0 Å². The highest BCUT2D eigenvalue weighted by Gasteiger charge is 2.08. The number of carbonyl (C=O) groups excluding carboxylic acids is 2. The lowest BCUT2D eigenvalue weighted by molar-refractivity contribution is -0.124. The van der Waals surface area contributed by atoms with Crippen molar-refractivity contribution in [3.05, 3.63) is 28.2 Å². The molecule has 16 heavy (non-hydrogen) atoms. The van der Waals surface area contributed by atoms with Gasteiger partial charge in [-0.15, -0.1) is 0 Å². The number of Topliss-reactive ketones (excluding diaryl/α,β-unsaturated/α-hetero) is 1. The van der Waals surface area contributed by atoms with Crippen LogP contribution >= 0.6 is 15.9 Å². The van der Waals surface area contributed by atoms with E-state index in [0.29, 0.717) is 0 Å². The molecule has 0 atom stereocenters. The lowest BCUT2D eigenvalue weighted by Gasteiger charge is -2.09. The molecular formula is C12H14BrNO2. The number of ketones is 1. The quantitative estimate of drug-likeness (QED) is 0.864. The number of carbonyl (C=O) groups is 2. The van der Waals surface area contributed by atoms with Crippen LogP contribution in [0.25, 0.3) is 0 Å². The summed E-state index contributed by atoms with van der Waals surface area (Å²) in [4.78, 5) is 22.2. The van der Waals surface area contributed by atoms with Crippen LogP contribution in [0.2, 0.25) is 0 Å². The topological polar surface area (TPSA) is 46.2 Å². The van der Waals surface area contributed by atoms with Crippen LogP contribution < -0.4 is 5.32 Å². The Hall–Kier alpha value is -1.16. The van der Waals surface area contributed by atoms with E-state index in [-0.39, 0.29) is 18.1 Å². The number of rotatable bonds is 4. The van der Waals surface area contributed by atoms with Gasteiger partial charge in [0.15, 0.2) is 0 Å². The Morgan fingerprint density at radius 2 is 2.06 bits per heavy atom. The number of hydrogen-bond donors (Lipinski definition) is 1. The van der Waals surface area contributed by atoms with E-state index in [1.807, 2.05) is 25.1 Å². The molecule has 0 fully saturated rings. The van der Waals surface area contributed by atoms with E-state index in [9.17, 15) is 9.59 Å². The second kappa shape index (κ2) is 5.80. The third kappa shape index (κ3) is 3.77. The number of hydrogen-bond acceptors (Lipinski definition) is 2. The maximum Gasteiger partial charge on any atom is 0.231 e. The first-order valence-electron chi connectivity index (χ1n) is 5.10. The first-order chi connectivity index (χ1) is 7.52. The summed E-state index contributed by atoms with van der Waals surface area (Å²) in [7, 11) is 0. The Kier molecular flexibility index (Phi) is 4.68. The molecule has 1 aromatic rings. The largest absolute Gasteiger partial charge is 0.325 e. The van der Waals surface area contributed by atoms with E-state index >= 15 is 0 Å². The van der Waals surface area contributed by atoms with Crippen LogP contribution in [0.5, 0.6) is 0 Å². The van der Waals surface area contributed by atoms with Crippen LogP contribution in [0.4, 0.5) is 5.69 Å². The molecule has 0 spiro atoms. The molecule has 0 radical (unpaired) electrons. The standard InChI is InChI=1S/C12H14BrNO2/c1-3-9-7-10(13)4-5-11(9)14-12(16)6-8(2)15/h4-5,7H,3,6H2,1-2H3,(H,14,16). The van der Waals surface area contributed by atoms with E-state index in [4.69, 9.17) is 0 Å². The van der Waals surface area contributed by atoms with Gasteiger partial charge in [0.1, 0.15) is 5.78 Å². The maximum atomic E-state index is 11.4. The van der Waals surface area contributed by atoms with Gasteiger partial charge in [0.05, 0.1) is 6.42 Å². The highest BCUT2D eigenvalue weighted by atomic mass is 79.9. The summed E-state index contributed by atoms with van der Waals surface area (Å²) in [5.74, 6) is -0.391. The first-order valence-corrected chi connectivity index (χ1v) is 5.90. The minimum absolute atomic E-state index is 0.0702. The molecule has 0 aliphatic rings. The molecular weight excluding hydrogens is 270 g/mol. The summed E-state index contributed by atoms with van der Waals surface area (Å²) in [6.07, 6.45) is 0.758. The number of anilines is 1. The van der Waals surface area contributed by atoms with Crippen LogP contribution in [0.15, 0.2) is 22.7 Å². The molecule has 1 rings (SSSR count). The number of benzene rings is 1. The van der Waals surface area contributed by atoms with Gasteiger partial charge >= 0.3 is 0 Å². The molecule has 0 saturated carbocycles. The van der Waals surface area contributed by atoms with Crippen molar-refractivity contribution in [2.45, 2.75) is 26.7 Å². The Morgan fingerprint density at radius 1 is 1.38 bits per heavy atom. The Labute approximate surface area is 103 Å². The van der Waals surface area contributed by atoms with Crippen molar-refractivity contribution >= 4 is 33.3 Å². The van der Waals surface area contributed by atoms with Crippen LogP contribution in [0.1, 0.15) is 25.8 Å². The summed E-state index contributed by atoms with van der Waals surface area (Å²) in [6, 6.07) is 5.66. The minimum Gasteiger partial charge on any atom is -0.325 e. The Bertz CT molecular complexity index is 415. The molecule has 1 aromatic carbocycles. The van der Waals surface area contributed by atoms with E-state index in [0.717, 1.165) is 22.1 Å². The predicted molar refractivity (Wildman–Crippen MR) is 67.4 cm³/mol. The molecule has 1 N–H and O–H groups in total. The van der Waals surface area contributed by atoms with Gasteiger partial charge in [0.25, 0.3) is 0 Å². The zero-order chi connectivity index (χ0) is 12.1. The van der Waals surface area contributed by atoms with Gasteiger partial charge in [-0.1, -0.05) is 22.9 Å². The minimum atomic E-state index is -0.260. The van der Waals surface area contributed by atoms with Crippen molar-refractivity contribution in [2.24, 2.45) is 0 Å². The van der Waals surface area contributed by atoms with Crippen molar-refractivity contribution in [3.8, 4) is 0 Å². The first kappa shape index (κ1) is 12.9. The number of aryl methyl sites for hydroxylation is 1. The number of nitrogens with one attached hydrogen (secondary N) is 1. The molecule has 0 heterocycles. The average Bonchev–Trinajstić information content (AvgIpc) is 2.19. The smallest absolute Gasteiger partial charge is 0.231 e. The van der Waals surface area contributed by atoms with E-state index < -0.39 is 0 Å². The molecule has 0 unspecified atom stereocenters. The average molecular weight is 284 g/mol. The van der Waals surface area contributed by atoms with Crippen molar-refractivity contribution < 1.29 is 9.59 Å². The van der Waals surface area contributed by atoms with Crippen molar-refractivity contribution in [3.63, 3.8) is 0 Å². The van der Waals surface area contributed by atoms with Crippen LogP contribution in [-0.2, 0) is 16.0 Å². The van der Waals surface area contributed by atoms with E-state index in [1.54, 1.807) is 0 Å². The van der Waals surface area contributed by atoms with E-state index in [1.165, 1.54) is 6.92 Å². The molecule has 0 aliphatic carbocycles. The Balaban J connectivity index is 2.80. The van der Waals surface area contributed by atoms with Crippen molar-refractivity contribution in [1.82, 2.24) is 0 Å². The molecule has 86 valence electrons. The fraction of sp³-hybridized carbons (Fsp3) is 0.333. The summed E-state index contributed by atoms with van der Waals surface area (Å²) >= 11 is 3.38. The van der Waals surface area contributed by atoms with Crippen molar-refractivity contribution in [1.29, 1.82) is 0 Å². The van der Waals surface area contributed by atoms with Gasteiger partial charge in [-0.2, -0.15) is 0 Å². The summed E-state index contributed by atoms with van der Waals surface area (Å²) in [5, 5.41) is 2.74. The number of amides is 1. The summed E-state index contributed by atoms with van der Waals surface area (Å²) < 4.78 is 0.980. The second-order valence-electron chi connectivity index (χ2n) is 3.58. The summed E-state index contributed by atoms with van der Waals surface area (Å²) in [5.41, 5.74) is 1.82. The van der Waals surface area contributed by atoms with Gasteiger partial charge in [0, 0.05) is 10.2 Å². The third-order valence-corrected chi connectivity index (χ3v) is 2.63. The van der Waals surface area contributed by atoms with Crippen LogP contribution in [-0.4, -0.2) is 11.7 Å². The molecule has 1 amide bonds. The highest BCUT2D eigenvalue weighted by molar-refractivity contribution is 9.10. The van der Waals surface area contributed by atoms with Gasteiger partial charge in [-0.25, -0.2) is 0 Å². The normalized spacial score (nSPS) is 9.94. The monoisotopic (exact) mass is 283 g/mol. The third-order valence-electron chi connectivity index (χ3n) is 2.13. The zero-order valence-electron chi connectivity index (χ0n) is 9.34. The summed E-state index contributed by atoms with van der Waals surface area (Å²) in [6.45, 7) is 3.42. The fourth-order valence-electron chi connectivity index (χ4n) is 1.40. The fourth-order valence-corrected chi connectivity index (χ4v) is 1.81. The molecule has 0 saturated heterocycles. The second-order valence-corrected chi connectivity index (χ2v) is 4.50. The predicted octanol–water partition coefficient (Wildman–Crippen LogP) is 2.93. The van der Waals surface area contributed by atoms with Gasteiger partial charge in [-0.05, 0) is 37.1 Å². The van der Waals surface area contributed by atoms with E-state index in [2.05, 4.69) is 21.2 Å². The van der Waals surface area contributed by atoms with Gasteiger partial charge < -0.3 is 5.32 Å². The SMILES string of the molecule is CCc1cc(Br)ccc1NC(=O)CC(C)=O. The Morgan fingerprint density at radius 3 is 2.62 bits per heavy atom. The lowest BCUT2D eigenvalue weighted by Crippen LogP contribution is -2.15. The zero-order valence-corrected chi connectivity index (χ0v) is 10.9. The molecule has 0 aliphatic heterocycles. The van der Waals surface area contributed by atoms with Gasteiger partial charge in [-0.3, -0.25) is 9.59 Å². The number of halogens is 1. The maximum absolute atomic E-state index is 11.4.